The summed E-state index contributed by atoms with van der Waals surface area (Å²) >= 11 is 3.13. The third-order valence-corrected chi connectivity index (χ3v) is 3.28. The molecule has 0 aromatic heterocycles. The van der Waals surface area contributed by atoms with Crippen LogP contribution in [0.3, 0.4) is 0 Å². The summed E-state index contributed by atoms with van der Waals surface area (Å²) in [4.78, 5) is 20.6. The highest BCUT2D eigenvalue weighted by Gasteiger charge is 2.04. The maximum absolute atomic E-state index is 10.4. The lowest BCUT2D eigenvalue weighted by Gasteiger charge is -2.00. The number of aromatic hydroxyl groups is 2. The molecule has 118 valence electrons. The van der Waals surface area contributed by atoms with Crippen LogP contribution in [0.4, 0.5) is 0 Å². The molecule has 0 heterocycles. The van der Waals surface area contributed by atoms with Crippen LogP contribution in [0.5, 0.6) is 11.5 Å². The van der Waals surface area contributed by atoms with Gasteiger partial charge in [0.1, 0.15) is 11.5 Å². The molecule has 0 saturated carbocycles. The first-order valence-corrected chi connectivity index (χ1v) is 6.87. The molecule has 0 fully saturated rings. The average Bonchev–Trinajstić information content (AvgIpc) is 2.46. The molecular formula is C17H19BrO4. The zero-order valence-corrected chi connectivity index (χ0v) is 13.2. The predicted octanol–water partition coefficient (Wildman–Crippen LogP) is 4.42. The minimum atomic E-state index is 0. The van der Waals surface area contributed by atoms with Crippen molar-refractivity contribution in [1.82, 2.24) is 0 Å². The van der Waals surface area contributed by atoms with Crippen molar-refractivity contribution in [3.8, 4) is 11.5 Å². The Morgan fingerprint density at radius 2 is 1.45 bits per heavy atom. The number of hydrogen-bond donors (Lipinski definition) is 2. The van der Waals surface area contributed by atoms with Crippen molar-refractivity contribution in [2.45, 2.75) is 21.3 Å². The lowest BCUT2D eigenvalue weighted by Crippen LogP contribution is -1.84. The molecule has 0 aliphatic carbocycles. The first-order valence-electron chi connectivity index (χ1n) is 6.08. The van der Waals surface area contributed by atoms with Crippen LogP contribution in [-0.4, -0.2) is 22.8 Å². The van der Waals surface area contributed by atoms with Gasteiger partial charge >= 0.3 is 0 Å². The fourth-order valence-electron chi connectivity index (χ4n) is 1.62. The van der Waals surface area contributed by atoms with E-state index in [1.807, 2.05) is 13.8 Å². The van der Waals surface area contributed by atoms with Gasteiger partial charge in [0.05, 0.1) is 15.6 Å². The zero-order chi connectivity index (χ0) is 16.0. The third-order valence-electron chi connectivity index (χ3n) is 2.67. The molecule has 2 aromatic rings. The van der Waals surface area contributed by atoms with Crippen molar-refractivity contribution in [1.29, 1.82) is 0 Å². The third kappa shape index (κ3) is 5.33. The van der Waals surface area contributed by atoms with E-state index < -0.39 is 0 Å². The normalized spacial score (nSPS) is 9.05. The number of carbonyl (C=O) groups is 2. The second kappa shape index (κ2) is 9.00. The number of carbonyl (C=O) groups excluding carboxylic acids is 2. The van der Waals surface area contributed by atoms with Crippen molar-refractivity contribution >= 4 is 28.5 Å². The van der Waals surface area contributed by atoms with Gasteiger partial charge in [0, 0.05) is 0 Å². The van der Waals surface area contributed by atoms with E-state index in [1.165, 1.54) is 6.07 Å². The molecule has 0 atom stereocenters. The Balaban J connectivity index is 0.000000385. The van der Waals surface area contributed by atoms with Crippen LogP contribution in [0.25, 0.3) is 0 Å². The van der Waals surface area contributed by atoms with E-state index in [1.54, 1.807) is 24.3 Å². The molecule has 0 radical (unpaired) electrons. The number of rotatable bonds is 2. The molecule has 0 spiro atoms. The monoisotopic (exact) mass is 366 g/mol. The fourth-order valence-corrected chi connectivity index (χ4v) is 2.21. The first kappa shape index (κ1) is 19.9. The maximum Gasteiger partial charge on any atom is 0.153 e. The molecule has 22 heavy (non-hydrogen) atoms. The number of halogens is 1. The van der Waals surface area contributed by atoms with E-state index in [9.17, 15) is 14.7 Å². The summed E-state index contributed by atoms with van der Waals surface area (Å²) in [7, 11) is 0. The number of phenolic OH excluding ortho intramolecular Hbond substituents is 2. The maximum atomic E-state index is 10.4. The summed E-state index contributed by atoms with van der Waals surface area (Å²) in [6.45, 7) is 3.73. The van der Waals surface area contributed by atoms with Crippen LogP contribution in [0, 0.1) is 13.8 Å². The summed E-state index contributed by atoms with van der Waals surface area (Å²) in [6.07, 6.45) is 1.27. The molecule has 0 saturated heterocycles. The molecular weight excluding hydrogens is 348 g/mol. The lowest BCUT2D eigenvalue weighted by molar-refractivity contribution is 0.111. The highest BCUT2D eigenvalue weighted by molar-refractivity contribution is 9.10. The highest BCUT2D eigenvalue weighted by Crippen LogP contribution is 2.27. The van der Waals surface area contributed by atoms with Crippen LogP contribution in [0.1, 0.15) is 39.3 Å². The van der Waals surface area contributed by atoms with Gasteiger partial charge in [0.2, 0.25) is 0 Å². The van der Waals surface area contributed by atoms with Crippen LogP contribution in [0.15, 0.2) is 34.8 Å². The second-order valence-electron chi connectivity index (χ2n) is 4.48. The van der Waals surface area contributed by atoms with Gasteiger partial charge in [0.15, 0.2) is 12.6 Å². The Bertz CT molecular complexity index is 666. The Morgan fingerprint density at radius 1 is 0.909 bits per heavy atom. The standard InChI is InChI=1S/C8H7BrO2.C8H8O2.CH4/c1-5-2-6(4-10)8(11)7(9)3-5;1-6-2-3-8(10)7(4-6)5-9;/h2-4,11H,1H3;2-5,10H,1H3;1H4. The van der Waals surface area contributed by atoms with Gasteiger partial charge in [0.25, 0.3) is 0 Å². The van der Waals surface area contributed by atoms with Gasteiger partial charge in [-0.1, -0.05) is 19.1 Å². The Kier molecular flexibility index (Phi) is 8.12. The molecule has 0 unspecified atom stereocenters. The van der Waals surface area contributed by atoms with Crippen molar-refractivity contribution in [3.63, 3.8) is 0 Å². The van der Waals surface area contributed by atoms with Gasteiger partial charge < -0.3 is 10.2 Å². The molecule has 2 rings (SSSR count). The minimum absolute atomic E-state index is 0. The number of hydrogen-bond acceptors (Lipinski definition) is 4. The van der Waals surface area contributed by atoms with E-state index in [0.717, 1.165) is 11.1 Å². The van der Waals surface area contributed by atoms with Crippen LogP contribution < -0.4 is 0 Å². The number of benzene rings is 2. The SMILES string of the molecule is C.Cc1cc(Br)c(O)c(C=O)c1.Cc1ccc(O)c(C=O)c1. The highest BCUT2D eigenvalue weighted by atomic mass is 79.9. The van der Waals surface area contributed by atoms with Crippen LogP contribution in [-0.2, 0) is 0 Å². The summed E-state index contributed by atoms with van der Waals surface area (Å²) in [5.41, 5.74) is 2.58. The van der Waals surface area contributed by atoms with Gasteiger partial charge in [-0.3, -0.25) is 9.59 Å². The molecule has 0 amide bonds. The molecule has 5 heteroatoms. The lowest BCUT2D eigenvalue weighted by atomic mass is 10.1. The van der Waals surface area contributed by atoms with E-state index in [2.05, 4.69) is 15.9 Å². The van der Waals surface area contributed by atoms with Crippen LogP contribution >= 0.6 is 15.9 Å². The van der Waals surface area contributed by atoms with E-state index in [0.29, 0.717) is 28.2 Å². The van der Waals surface area contributed by atoms with Crippen molar-refractivity contribution < 1.29 is 19.8 Å². The van der Waals surface area contributed by atoms with Crippen molar-refractivity contribution in [2.75, 3.05) is 0 Å². The van der Waals surface area contributed by atoms with E-state index >= 15 is 0 Å². The van der Waals surface area contributed by atoms with Gasteiger partial charge in [-0.15, -0.1) is 0 Å². The molecule has 0 bridgehead atoms. The molecule has 4 nitrogen and oxygen atoms in total. The number of aryl methyl sites for hydroxylation is 2. The van der Waals surface area contributed by atoms with Gasteiger partial charge in [-0.25, -0.2) is 0 Å². The smallest absolute Gasteiger partial charge is 0.153 e. The molecule has 0 aliphatic heterocycles. The van der Waals surface area contributed by atoms with E-state index in [4.69, 9.17) is 5.11 Å². The quantitative estimate of drug-likeness (QED) is 0.771. The average molecular weight is 367 g/mol. The molecule has 2 N–H and O–H groups in total. The van der Waals surface area contributed by atoms with Gasteiger partial charge in [-0.05, 0) is 59.6 Å². The second-order valence-corrected chi connectivity index (χ2v) is 5.34. The van der Waals surface area contributed by atoms with E-state index in [-0.39, 0.29) is 18.9 Å². The summed E-state index contributed by atoms with van der Waals surface area (Å²) in [6, 6.07) is 8.29. The van der Waals surface area contributed by atoms with Gasteiger partial charge in [-0.2, -0.15) is 0 Å². The first-order chi connectivity index (χ1) is 9.88. The Hall–Kier alpha value is -2.14. The van der Waals surface area contributed by atoms with Crippen LogP contribution in [0.2, 0.25) is 0 Å². The zero-order valence-electron chi connectivity index (χ0n) is 11.6. The molecule has 2 aromatic carbocycles. The predicted molar refractivity (Wildman–Crippen MR) is 90.9 cm³/mol. The van der Waals surface area contributed by atoms with Crippen molar-refractivity contribution in [2.24, 2.45) is 0 Å². The summed E-state index contributed by atoms with van der Waals surface area (Å²) in [5, 5.41) is 18.2. The minimum Gasteiger partial charge on any atom is -0.507 e. The number of aldehydes is 2. The number of phenols is 2. The summed E-state index contributed by atoms with van der Waals surface area (Å²) in [5.74, 6) is 0.0474. The van der Waals surface area contributed by atoms with Crippen molar-refractivity contribution in [3.05, 3.63) is 57.1 Å². The largest absolute Gasteiger partial charge is 0.507 e. The topological polar surface area (TPSA) is 74.6 Å². The summed E-state index contributed by atoms with van der Waals surface area (Å²) < 4.78 is 0.555. The molecule has 0 aliphatic rings. The Morgan fingerprint density at radius 3 is 1.95 bits per heavy atom. The fraction of sp³-hybridized carbons (Fsp3) is 0.176. The Labute approximate surface area is 138 Å².